The van der Waals surface area contributed by atoms with Crippen molar-refractivity contribution in [2.24, 2.45) is 7.05 Å². The molecule has 6 nitrogen and oxygen atoms in total. The van der Waals surface area contributed by atoms with Gasteiger partial charge >= 0.3 is 5.97 Å². The van der Waals surface area contributed by atoms with Crippen molar-refractivity contribution >= 4 is 5.97 Å². The van der Waals surface area contributed by atoms with E-state index in [1.54, 1.807) is 11.7 Å². The van der Waals surface area contributed by atoms with E-state index in [0.717, 1.165) is 31.9 Å². The van der Waals surface area contributed by atoms with Crippen LogP contribution in [0.3, 0.4) is 0 Å². The van der Waals surface area contributed by atoms with Gasteiger partial charge in [-0.05, 0) is 0 Å². The lowest BCUT2D eigenvalue weighted by Crippen LogP contribution is -2.43. The van der Waals surface area contributed by atoms with Crippen LogP contribution in [0.4, 0.5) is 0 Å². The van der Waals surface area contributed by atoms with Crippen LogP contribution < -0.4 is 5.32 Å². The topological polar surface area (TPSA) is 70.4 Å². The second-order valence-corrected chi connectivity index (χ2v) is 3.96. The van der Waals surface area contributed by atoms with E-state index in [0.29, 0.717) is 12.1 Å². The molecule has 2 heterocycles. The van der Waals surface area contributed by atoms with Gasteiger partial charge in [-0.15, -0.1) is 0 Å². The molecule has 0 aliphatic carbocycles. The molecule has 1 fully saturated rings. The van der Waals surface area contributed by atoms with E-state index in [1.807, 2.05) is 0 Å². The van der Waals surface area contributed by atoms with Gasteiger partial charge in [0.25, 0.3) is 0 Å². The van der Waals surface area contributed by atoms with Gasteiger partial charge in [0.1, 0.15) is 5.56 Å². The van der Waals surface area contributed by atoms with E-state index in [2.05, 4.69) is 15.3 Å². The van der Waals surface area contributed by atoms with E-state index < -0.39 is 5.97 Å². The highest BCUT2D eigenvalue weighted by Gasteiger charge is 2.18. The van der Waals surface area contributed by atoms with Gasteiger partial charge in [-0.25, -0.2) is 4.79 Å². The van der Waals surface area contributed by atoms with Crippen molar-refractivity contribution in [3.8, 4) is 0 Å². The summed E-state index contributed by atoms with van der Waals surface area (Å²) in [5, 5.41) is 16.3. The number of hydrogen-bond acceptors (Lipinski definition) is 4. The van der Waals surface area contributed by atoms with Gasteiger partial charge in [-0.1, -0.05) is 0 Å². The molecule has 2 rings (SSSR count). The third-order valence-corrected chi connectivity index (χ3v) is 2.87. The SMILES string of the molecule is Cn1ncc(C(=O)O)c1CN1CCNCC1. The first kappa shape index (κ1) is 11.1. The Bertz CT molecular complexity index is 382. The summed E-state index contributed by atoms with van der Waals surface area (Å²) in [6.45, 7) is 4.47. The van der Waals surface area contributed by atoms with E-state index in [-0.39, 0.29) is 0 Å². The normalized spacial score (nSPS) is 17.6. The molecule has 1 aromatic rings. The van der Waals surface area contributed by atoms with E-state index in [1.165, 1.54) is 6.20 Å². The molecule has 0 radical (unpaired) electrons. The molecule has 1 aromatic heterocycles. The van der Waals surface area contributed by atoms with Crippen LogP contribution in [-0.2, 0) is 13.6 Å². The Kier molecular flexibility index (Phi) is 3.21. The van der Waals surface area contributed by atoms with Crippen molar-refractivity contribution in [3.63, 3.8) is 0 Å². The summed E-state index contributed by atoms with van der Waals surface area (Å²) in [7, 11) is 1.78. The molecular formula is C10H16N4O2. The highest BCUT2D eigenvalue weighted by Crippen LogP contribution is 2.11. The number of aromatic nitrogens is 2. The van der Waals surface area contributed by atoms with Crippen LogP contribution in [0.25, 0.3) is 0 Å². The minimum atomic E-state index is -0.904. The van der Waals surface area contributed by atoms with Crippen LogP contribution in [0, 0.1) is 0 Å². The molecule has 1 saturated heterocycles. The Morgan fingerprint density at radius 2 is 2.25 bits per heavy atom. The first-order valence-corrected chi connectivity index (χ1v) is 5.35. The molecule has 2 N–H and O–H groups in total. The fourth-order valence-electron chi connectivity index (χ4n) is 1.91. The Morgan fingerprint density at radius 3 is 2.88 bits per heavy atom. The second kappa shape index (κ2) is 4.63. The third-order valence-electron chi connectivity index (χ3n) is 2.87. The fraction of sp³-hybridized carbons (Fsp3) is 0.600. The number of nitrogens with one attached hydrogen (secondary N) is 1. The average molecular weight is 224 g/mol. The lowest BCUT2D eigenvalue weighted by Gasteiger charge is -2.27. The van der Waals surface area contributed by atoms with Gasteiger partial charge in [-0.3, -0.25) is 9.58 Å². The Morgan fingerprint density at radius 1 is 1.56 bits per heavy atom. The summed E-state index contributed by atoms with van der Waals surface area (Å²) in [6.07, 6.45) is 1.42. The van der Waals surface area contributed by atoms with E-state index in [9.17, 15) is 4.79 Å². The maximum absolute atomic E-state index is 11.0. The predicted octanol–water partition coefficient (Wildman–Crippen LogP) is -0.476. The number of hydrogen-bond donors (Lipinski definition) is 2. The number of rotatable bonds is 3. The Labute approximate surface area is 93.9 Å². The van der Waals surface area contributed by atoms with Crippen LogP contribution >= 0.6 is 0 Å². The largest absolute Gasteiger partial charge is 0.478 e. The standard InChI is InChI=1S/C10H16N4O2/c1-13-9(8(6-12-13)10(15)16)7-14-4-2-11-3-5-14/h6,11H,2-5,7H2,1H3,(H,15,16). The average Bonchev–Trinajstić information content (AvgIpc) is 2.62. The van der Waals surface area contributed by atoms with Crippen LogP contribution in [0.15, 0.2) is 6.20 Å². The maximum atomic E-state index is 11.0. The number of aryl methyl sites for hydroxylation is 1. The summed E-state index contributed by atoms with van der Waals surface area (Å²) in [4.78, 5) is 13.2. The smallest absolute Gasteiger partial charge is 0.339 e. The Hall–Kier alpha value is -1.40. The van der Waals surface area contributed by atoms with Gasteiger partial charge in [0.05, 0.1) is 11.9 Å². The molecular weight excluding hydrogens is 208 g/mol. The van der Waals surface area contributed by atoms with Crippen LogP contribution in [0.5, 0.6) is 0 Å². The van der Waals surface area contributed by atoms with Crippen molar-refractivity contribution in [2.75, 3.05) is 26.2 Å². The van der Waals surface area contributed by atoms with Crippen molar-refractivity contribution in [2.45, 2.75) is 6.54 Å². The minimum Gasteiger partial charge on any atom is -0.478 e. The quantitative estimate of drug-likeness (QED) is 0.726. The van der Waals surface area contributed by atoms with Crippen molar-refractivity contribution < 1.29 is 9.90 Å². The van der Waals surface area contributed by atoms with Crippen molar-refractivity contribution in [1.29, 1.82) is 0 Å². The fourth-order valence-corrected chi connectivity index (χ4v) is 1.91. The number of carboxylic acid groups (broad SMARTS) is 1. The van der Waals surface area contributed by atoms with Gasteiger partial charge in [-0.2, -0.15) is 5.10 Å². The number of piperazine rings is 1. The number of aromatic carboxylic acids is 1. The maximum Gasteiger partial charge on any atom is 0.339 e. The molecule has 0 spiro atoms. The molecule has 1 aliphatic heterocycles. The van der Waals surface area contributed by atoms with Gasteiger partial charge in [0.15, 0.2) is 0 Å². The summed E-state index contributed by atoms with van der Waals surface area (Å²) < 4.78 is 1.64. The molecule has 16 heavy (non-hydrogen) atoms. The first-order chi connectivity index (χ1) is 7.68. The zero-order valence-electron chi connectivity index (χ0n) is 9.31. The summed E-state index contributed by atoms with van der Waals surface area (Å²) in [6, 6.07) is 0. The lowest BCUT2D eigenvalue weighted by atomic mass is 10.2. The molecule has 1 aliphatic rings. The molecule has 0 atom stereocenters. The van der Waals surface area contributed by atoms with Crippen molar-refractivity contribution in [1.82, 2.24) is 20.0 Å². The predicted molar refractivity (Wildman–Crippen MR) is 58.3 cm³/mol. The zero-order valence-corrected chi connectivity index (χ0v) is 9.31. The number of carboxylic acids is 1. The summed E-state index contributed by atoms with van der Waals surface area (Å²) in [5.41, 5.74) is 1.08. The molecule has 6 heteroatoms. The monoisotopic (exact) mass is 224 g/mol. The molecule has 0 bridgehead atoms. The third kappa shape index (κ3) is 2.23. The molecule has 88 valence electrons. The molecule has 0 aromatic carbocycles. The molecule has 0 saturated carbocycles. The number of carbonyl (C=O) groups is 1. The summed E-state index contributed by atoms with van der Waals surface area (Å²) >= 11 is 0. The zero-order chi connectivity index (χ0) is 11.5. The van der Waals surface area contributed by atoms with Crippen LogP contribution in [0.2, 0.25) is 0 Å². The van der Waals surface area contributed by atoms with E-state index >= 15 is 0 Å². The lowest BCUT2D eigenvalue weighted by molar-refractivity contribution is 0.0694. The van der Waals surface area contributed by atoms with Gasteiger partial charge in [0.2, 0.25) is 0 Å². The highest BCUT2D eigenvalue weighted by molar-refractivity contribution is 5.88. The molecule has 0 amide bonds. The van der Waals surface area contributed by atoms with Crippen LogP contribution in [0.1, 0.15) is 16.1 Å². The summed E-state index contributed by atoms with van der Waals surface area (Å²) in [5.74, 6) is -0.904. The van der Waals surface area contributed by atoms with Crippen molar-refractivity contribution in [3.05, 3.63) is 17.5 Å². The van der Waals surface area contributed by atoms with E-state index in [4.69, 9.17) is 5.11 Å². The first-order valence-electron chi connectivity index (χ1n) is 5.35. The minimum absolute atomic E-state index is 0.307. The van der Waals surface area contributed by atoms with Gasteiger partial charge in [0, 0.05) is 39.8 Å². The molecule has 0 unspecified atom stereocenters. The number of nitrogens with zero attached hydrogens (tertiary/aromatic N) is 3. The second-order valence-electron chi connectivity index (χ2n) is 3.96. The van der Waals surface area contributed by atoms with Gasteiger partial charge < -0.3 is 10.4 Å². The van der Waals surface area contributed by atoms with Crippen LogP contribution in [-0.4, -0.2) is 51.9 Å². The Balaban J connectivity index is 2.12. The highest BCUT2D eigenvalue weighted by atomic mass is 16.4.